The molecule has 1 saturated carbocycles. The SMILES string of the molecule is CN(CC(=O)N(C1CCCCC1)[C@@H]1CCS(=O)(=O)C1)[C@H]1CCCc2ccccc21. The van der Waals surface area contributed by atoms with Crippen LogP contribution in [-0.4, -0.2) is 61.3 Å². The van der Waals surface area contributed by atoms with E-state index in [0.29, 0.717) is 13.0 Å². The molecule has 2 aliphatic carbocycles. The Morgan fingerprint density at radius 3 is 2.48 bits per heavy atom. The molecule has 1 heterocycles. The highest BCUT2D eigenvalue weighted by molar-refractivity contribution is 7.91. The lowest BCUT2D eigenvalue weighted by Gasteiger charge is -2.40. The maximum atomic E-state index is 13.5. The number of rotatable bonds is 5. The standard InChI is InChI=1S/C23H34N2O3S/c1-24(22-13-7-9-18-8-5-6-12-21(18)22)16-23(26)25(19-10-3-2-4-11-19)20-14-15-29(27,28)17-20/h5-6,8,12,19-20,22H,2-4,7,9-11,13-17H2,1H3/t20-,22+/m1/s1. The average Bonchev–Trinajstić information content (AvgIpc) is 3.07. The van der Waals surface area contributed by atoms with E-state index in [2.05, 4.69) is 36.2 Å². The molecule has 0 bridgehead atoms. The van der Waals surface area contributed by atoms with Crippen LogP contribution in [0.15, 0.2) is 24.3 Å². The summed E-state index contributed by atoms with van der Waals surface area (Å²) in [6.45, 7) is 0.367. The Morgan fingerprint density at radius 1 is 1.00 bits per heavy atom. The van der Waals surface area contributed by atoms with Crippen LogP contribution in [-0.2, 0) is 21.1 Å². The highest BCUT2D eigenvalue weighted by atomic mass is 32.2. The molecule has 1 aromatic rings. The maximum Gasteiger partial charge on any atom is 0.237 e. The quantitative estimate of drug-likeness (QED) is 0.736. The number of hydrogen-bond acceptors (Lipinski definition) is 4. The molecule has 0 radical (unpaired) electrons. The van der Waals surface area contributed by atoms with Gasteiger partial charge in [-0.2, -0.15) is 0 Å². The Labute approximate surface area is 175 Å². The van der Waals surface area contributed by atoms with Crippen LogP contribution in [0.3, 0.4) is 0 Å². The molecule has 2 fully saturated rings. The summed E-state index contributed by atoms with van der Waals surface area (Å²) in [5.41, 5.74) is 2.75. The first-order valence-electron chi connectivity index (χ1n) is 11.2. The Kier molecular flexibility index (Phi) is 6.30. The first-order valence-corrected chi connectivity index (χ1v) is 13.1. The minimum absolute atomic E-state index is 0.115. The van der Waals surface area contributed by atoms with E-state index in [4.69, 9.17) is 0 Å². The molecule has 1 aliphatic heterocycles. The average molecular weight is 419 g/mol. The van der Waals surface area contributed by atoms with E-state index in [9.17, 15) is 13.2 Å². The van der Waals surface area contributed by atoms with E-state index in [1.165, 1.54) is 17.5 Å². The summed E-state index contributed by atoms with van der Waals surface area (Å²) >= 11 is 0. The van der Waals surface area contributed by atoms with Crippen molar-refractivity contribution in [3.8, 4) is 0 Å². The van der Waals surface area contributed by atoms with Crippen molar-refractivity contribution >= 4 is 15.7 Å². The highest BCUT2D eigenvalue weighted by Gasteiger charge is 2.39. The van der Waals surface area contributed by atoms with E-state index < -0.39 is 9.84 Å². The second-order valence-electron chi connectivity index (χ2n) is 9.17. The molecule has 2 atom stereocenters. The molecule has 6 heteroatoms. The molecule has 4 rings (SSSR count). The first kappa shape index (κ1) is 20.9. The fraction of sp³-hybridized carbons (Fsp3) is 0.696. The number of benzene rings is 1. The van der Waals surface area contributed by atoms with Crippen molar-refractivity contribution in [2.45, 2.75) is 75.9 Å². The largest absolute Gasteiger partial charge is 0.335 e. The fourth-order valence-electron chi connectivity index (χ4n) is 5.65. The van der Waals surface area contributed by atoms with Crippen LogP contribution in [0, 0.1) is 0 Å². The topological polar surface area (TPSA) is 57.7 Å². The maximum absolute atomic E-state index is 13.5. The minimum atomic E-state index is -3.01. The van der Waals surface area contributed by atoms with E-state index in [-0.39, 0.29) is 35.5 Å². The van der Waals surface area contributed by atoms with Crippen LogP contribution in [0.4, 0.5) is 0 Å². The highest BCUT2D eigenvalue weighted by Crippen LogP contribution is 2.34. The zero-order chi connectivity index (χ0) is 20.4. The third-order valence-electron chi connectivity index (χ3n) is 7.11. The van der Waals surface area contributed by atoms with Crippen LogP contribution in [0.5, 0.6) is 0 Å². The number of aryl methyl sites for hydroxylation is 1. The van der Waals surface area contributed by atoms with Gasteiger partial charge in [-0.05, 0) is 56.7 Å². The first-order chi connectivity index (χ1) is 13.9. The molecule has 5 nitrogen and oxygen atoms in total. The number of sulfone groups is 1. The summed E-state index contributed by atoms with van der Waals surface area (Å²) in [6, 6.07) is 8.92. The van der Waals surface area contributed by atoms with Crippen LogP contribution < -0.4 is 0 Å². The second-order valence-corrected chi connectivity index (χ2v) is 11.4. The number of carbonyl (C=O) groups excluding carboxylic acids is 1. The van der Waals surface area contributed by atoms with Crippen molar-refractivity contribution in [1.82, 2.24) is 9.80 Å². The summed E-state index contributed by atoms with van der Waals surface area (Å²) in [5, 5.41) is 0. The number of likely N-dealkylation sites (N-methyl/N-ethyl adjacent to an activating group) is 1. The van der Waals surface area contributed by atoms with Crippen molar-refractivity contribution in [3.05, 3.63) is 35.4 Å². The summed E-state index contributed by atoms with van der Waals surface area (Å²) < 4.78 is 24.2. The smallest absolute Gasteiger partial charge is 0.237 e. The van der Waals surface area contributed by atoms with E-state index >= 15 is 0 Å². The van der Waals surface area contributed by atoms with Gasteiger partial charge < -0.3 is 4.90 Å². The number of nitrogens with zero attached hydrogens (tertiary/aromatic N) is 2. The number of fused-ring (bicyclic) bond motifs is 1. The Balaban J connectivity index is 1.50. The second kappa shape index (κ2) is 8.76. The van der Waals surface area contributed by atoms with Gasteiger partial charge in [0.1, 0.15) is 0 Å². The van der Waals surface area contributed by atoms with Gasteiger partial charge in [0.25, 0.3) is 0 Å². The summed E-state index contributed by atoms with van der Waals surface area (Å²) in [6.07, 6.45) is 9.45. The van der Waals surface area contributed by atoms with Gasteiger partial charge in [-0.1, -0.05) is 43.5 Å². The van der Waals surface area contributed by atoms with E-state index in [1.54, 1.807) is 0 Å². The minimum Gasteiger partial charge on any atom is -0.335 e. The molecule has 0 N–H and O–H groups in total. The zero-order valence-corrected chi connectivity index (χ0v) is 18.4. The van der Waals surface area contributed by atoms with Gasteiger partial charge in [0.05, 0.1) is 18.1 Å². The Morgan fingerprint density at radius 2 is 1.76 bits per heavy atom. The van der Waals surface area contributed by atoms with Gasteiger partial charge in [0.15, 0.2) is 9.84 Å². The van der Waals surface area contributed by atoms with Gasteiger partial charge in [-0.15, -0.1) is 0 Å². The molecule has 29 heavy (non-hydrogen) atoms. The molecular weight excluding hydrogens is 384 g/mol. The van der Waals surface area contributed by atoms with Crippen LogP contribution in [0.2, 0.25) is 0 Å². The van der Waals surface area contributed by atoms with Gasteiger partial charge >= 0.3 is 0 Å². The van der Waals surface area contributed by atoms with Crippen molar-refractivity contribution in [2.75, 3.05) is 25.1 Å². The molecular formula is C23H34N2O3S. The molecule has 0 unspecified atom stereocenters. The lowest BCUT2D eigenvalue weighted by atomic mass is 9.87. The van der Waals surface area contributed by atoms with Gasteiger partial charge in [-0.3, -0.25) is 9.69 Å². The third kappa shape index (κ3) is 4.69. The summed E-state index contributed by atoms with van der Waals surface area (Å²) in [4.78, 5) is 17.7. The Hall–Kier alpha value is -1.40. The van der Waals surface area contributed by atoms with Crippen molar-refractivity contribution < 1.29 is 13.2 Å². The normalized spacial score (nSPS) is 27.0. The molecule has 1 saturated heterocycles. The predicted octanol–water partition coefficient (Wildman–Crippen LogP) is 3.34. The van der Waals surface area contributed by atoms with Crippen LogP contribution in [0.1, 0.15) is 68.5 Å². The fourth-order valence-corrected chi connectivity index (χ4v) is 7.36. The zero-order valence-electron chi connectivity index (χ0n) is 17.6. The molecule has 1 aromatic carbocycles. The van der Waals surface area contributed by atoms with Gasteiger partial charge in [0, 0.05) is 18.1 Å². The number of amides is 1. The van der Waals surface area contributed by atoms with Crippen molar-refractivity contribution in [1.29, 1.82) is 0 Å². The van der Waals surface area contributed by atoms with Gasteiger partial charge in [-0.25, -0.2) is 8.42 Å². The number of carbonyl (C=O) groups is 1. The van der Waals surface area contributed by atoms with E-state index in [1.807, 2.05) is 4.90 Å². The van der Waals surface area contributed by atoms with Crippen LogP contribution >= 0.6 is 0 Å². The molecule has 0 spiro atoms. The van der Waals surface area contributed by atoms with E-state index in [0.717, 1.165) is 44.9 Å². The van der Waals surface area contributed by atoms with Gasteiger partial charge in [0.2, 0.25) is 5.91 Å². The molecule has 160 valence electrons. The monoisotopic (exact) mass is 418 g/mol. The molecule has 1 amide bonds. The molecule has 0 aromatic heterocycles. The lowest BCUT2D eigenvalue weighted by Crippen LogP contribution is -2.52. The Bertz CT molecular complexity index is 832. The lowest BCUT2D eigenvalue weighted by molar-refractivity contribution is -0.138. The van der Waals surface area contributed by atoms with Crippen LogP contribution in [0.25, 0.3) is 0 Å². The summed E-state index contributed by atoms with van der Waals surface area (Å²) in [7, 11) is -0.958. The van der Waals surface area contributed by atoms with Crippen molar-refractivity contribution in [3.63, 3.8) is 0 Å². The number of hydrogen-bond donors (Lipinski definition) is 0. The predicted molar refractivity (Wildman–Crippen MR) is 116 cm³/mol. The third-order valence-corrected chi connectivity index (χ3v) is 8.86. The summed E-state index contributed by atoms with van der Waals surface area (Å²) in [5.74, 6) is 0.482. The molecule has 3 aliphatic rings. The van der Waals surface area contributed by atoms with Crippen molar-refractivity contribution in [2.24, 2.45) is 0 Å².